The Hall–Kier alpha value is -1.80. The molecule has 4 rings (SSSR count). The molecule has 0 radical (unpaired) electrons. The highest BCUT2D eigenvalue weighted by Gasteiger charge is 2.40. The van der Waals surface area contributed by atoms with Crippen LogP contribution < -0.4 is 0 Å². The number of rotatable bonds is 1. The highest BCUT2D eigenvalue weighted by atomic mass is 32.1. The molecule has 0 aliphatic heterocycles. The quantitative estimate of drug-likeness (QED) is 0.808. The fourth-order valence-corrected chi connectivity index (χ4v) is 5.04. The van der Waals surface area contributed by atoms with Gasteiger partial charge in [0.1, 0.15) is 22.4 Å². The van der Waals surface area contributed by atoms with Gasteiger partial charge in [0.2, 0.25) is 0 Å². The van der Waals surface area contributed by atoms with E-state index in [1.54, 1.807) is 17.7 Å². The molecule has 112 valence electrons. The minimum absolute atomic E-state index is 0.267. The number of hydrogen-bond acceptors (Lipinski definition) is 5. The van der Waals surface area contributed by atoms with Crippen molar-refractivity contribution in [2.45, 2.75) is 56.8 Å². The van der Waals surface area contributed by atoms with Crippen molar-refractivity contribution in [3.8, 4) is 6.07 Å². The van der Waals surface area contributed by atoms with E-state index in [-0.39, 0.29) is 5.78 Å². The van der Waals surface area contributed by atoms with E-state index in [0.29, 0.717) is 25.7 Å². The van der Waals surface area contributed by atoms with E-state index in [1.165, 1.54) is 23.3 Å². The fourth-order valence-electron chi connectivity index (χ4n) is 3.81. The molecular weight excluding hydrogens is 294 g/mol. The van der Waals surface area contributed by atoms with Crippen molar-refractivity contribution in [3.63, 3.8) is 0 Å². The third kappa shape index (κ3) is 1.98. The molecule has 0 unspecified atom stereocenters. The van der Waals surface area contributed by atoms with Crippen LogP contribution in [0.3, 0.4) is 0 Å². The zero-order valence-electron chi connectivity index (χ0n) is 12.4. The van der Waals surface area contributed by atoms with Gasteiger partial charge in [-0.3, -0.25) is 4.79 Å². The Balaban J connectivity index is 1.93. The number of ketones is 1. The molecule has 0 saturated heterocycles. The summed E-state index contributed by atoms with van der Waals surface area (Å²) in [5.74, 6) is 0.267. The molecule has 22 heavy (non-hydrogen) atoms. The van der Waals surface area contributed by atoms with Crippen LogP contribution in [0.5, 0.6) is 0 Å². The van der Waals surface area contributed by atoms with Crippen LogP contribution in [-0.4, -0.2) is 15.8 Å². The lowest BCUT2D eigenvalue weighted by Gasteiger charge is -2.30. The maximum atomic E-state index is 11.6. The van der Waals surface area contributed by atoms with E-state index in [0.717, 1.165) is 28.8 Å². The van der Waals surface area contributed by atoms with Gasteiger partial charge in [-0.05, 0) is 44.1 Å². The highest BCUT2D eigenvalue weighted by Crippen LogP contribution is 2.44. The van der Waals surface area contributed by atoms with Crippen molar-refractivity contribution in [1.29, 1.82) is 5.26 Å². The minimum Gasteiger partial charge on any atom is -0.300 e. The second-order valence-electron chi connectivity index (χ2n) is 6.35. The molecule has 0 aromatic carbocycles. The molecule has 5 heteroatoms. The van der Waals surface area contributed by atoms with Gasteiger partial charge in [-0.1, -0.05) is 0 Å². The summed E-state index contributed by atoms with van der Waals surface area (Å²) in [5, 5.41) is 11.0. The van der Waals surface area contributed by atoms with Crippen LogP contribution in [0, 0.1) is 11.3 Å². The van der Waals surface area contributed by atoms with Crippen LogP contribution in [0.15, 0.2) is 6.33 Å². The van der Waals surface area contributed by atoms with E-state index in [2.05, 4.69) is 16.0 Å². The molecule has 0 spiro atoms. The van der Waals surface area contributed by atoms with E-state index in [9.17, 15) is 10.1 Å². The van der Waals surface area contributed by atoms with Crippen molar-refractivity contribution >= 4 is 27.3 Å². The van der Waals surface area contributed by atoms with Gasteiger partial charge >= 0.3 is 0 Å². The average Bonchev–Trinajstić information content (AvgIpc) is 2.94. The highest BCUT2D eigenvalue weighted by molar-refractivity contribution is 7.18. The van der Waals surface area contributed by atoms with Gasteiger partial charge in [-0.25, -0.2) is 9.97 Å². The van der Waals surface area contributed by atoms with Crippen LogP contribution in [0.2, 0.25) is 0 Å². The van der Waals surface area contributed by atoms with E-state index in [4.69, 9.17) is 0 Å². The van der Waals surface area contributed by atoms with Gasteiger partial charge in [0, 0.05) is 23.1 Å². The fraction of sp³-hybridized carbons (Fsp3) is 0.529. The maximum absolute atomic E-state index is 11.6. The summed E-state index contributed by atoms with van der Waals surface area (Å²) in [6.45, 7) is 0. The third-order valence-corrected chi connectivity index (χ3v) is 6.28. The Labute approximate surface area is 133 Å². The molecule has 2 aliphatic carbocycles. The smallest absolute Gasteiger partial charge is 0.133 e. The number of nitriles is 1. The maximum Gasteiger partial charge on any atom is 0.133 e. The first-order valence-corrected chi connectivity index (χ1v) is 8.74. The van der Waals surface area contributed by atoms with Gasteiger partial charge < -0.3 is 0 Å². The SMILES string of the molecule is N#CC1(c2ncnc3sc4c(c23)CCCC4)CCC(=O)CC1. The van der Waals surface area contributed by atoms with Gasteiger partial charge in [0.25, 0.3) is 0 Å². The predicted molar refractivity (Wildman–Crippen MR) is 84.8 cm³/mol. The number of hydrogen-bond donors (Lipinski definition) is 0. The molecule has 2 aromatic rings. The number of fused-ring (bicyclic) bond motifs is 3. The molecule has 0 bridgehead atoms. The first-order valence-electron chi connectivity index (χ1n) is 7.92. The van der Waals surface area contributed by atoms with Crippen LogP contribution in [0.4, 0.5) is 0 Å². The molecule has 2 aromatic heterocycles. The molecule has 0 atom stereocenters. The van der Waals surface area contributed by atoms with Crippen LogP contribution in [0.25, 0.3) is 10.2 Å². The Morgan fingerprint density at radius 2 is 1.91 bits per heavy atom. The predicted octanol–water partition coefficient (Wildman–Crippen LogP) is 3.47. The normalized spacial score (nSPS) is 20.6. The lowest BCUT2D eigenvalue weighted by molar-refractivity contribution is -0.121. The largest absolute Gasteiger partial charge is 0.300 e. The lowest BCUT2D eigenvalue weighted by Crippen LogP contribution is -2.31. The summed E-state index contributed by atoms with van der Waals surface area (Å²) in [7, 11) is 0. The molecule has 1 fully saturated rings. The standard InChI is InChI=1S/C17H17N3OS/c18-9-17(7-5-11(21)6-8-17)15-14-12-3-1-2-4-13(12)22-16(14)20-10-19-15/h10H,1-8H2. The Kier molecular flexibility index (Phi) is 3.23. The van der Waals surface area contributed by atoms with E-state index >= 15 is 0 Å². The molecule has 1 saturated carbocycles. The lowest BCUT2D eigenvalue weighted by atomic mass is 9.71. The number of carbonyl (C=O) groups is 1. The number of nitrogens with zero attached hydrogens (tertiary/aromatic N) is 3. The van der Waals surface area contributed by atoms with Crippen LogP contribution in [-0.2, 0) is 23.1 Å². The number of carbonyl (C=O) groups excluding carboxylic acids is 1. The topological polar surface area (TPSA) is 66.6 Å². The number of thiophene rings is 1. The number of Topliss-reactive ketones (excluding diaryl/α,β-unsaturated/α-hetero) is 1. The summed E-state index contributed by atoms with van der Waals surface area (Å²) < 4.78 is 0. The van der Waals surface area contributed by atoms with E-state index < -0.39 is 5.41 Å². The van der Waals surface area contributed by atoms with Gasteiger partial charge in [0.15, 0.2) is 0 Å². The Morgan fingerprint density at radius 1 is 1.14 bits per heavy atom. The van der Waals surface area contributed by atoms with E-state index in [1.807, 2.05) is 0 Å². The second-order valence-corrected chi connectivity index (χ2v) is 7.43. The number of aryl methyl sites for hydroxylation is 2. The molecule has 2 heterocycles. The Bertz CT molecular complexity index is 792. The summed E-state index contributed by atoms with van der Waals surface area (Å²) in [6.07, 6.45) is 8.39. The van der Waals surface area contributed by atoms with Crippen molar-refractivity contribution in [3.05, 3.63) is 22.5 Å². The van der Waals surface area contributed by atoms with Gasteiger partial charge in [-0.15, -0.1) is 11.3 Å². The van der Waals surface area contributed by atoms with Crippen LogP contribution >= 0.6 is 11.3 Å². The molecule has 2 aliphatic rings. The molecule has 0 N–H and O–H groups in total. The second kappa shape index (κ2) is 5.13. The summed E-state index contributed by atoms with van der Waals surface area (Å²) in [6, 6.07) is 2.51. The molecular formula is C17H17N3OS. The van der Waals surface area contributed by atoms with Gasteiger partial charge in [0.05, 0.1) is 11.8 Å². The van der Waals surface area contributed by atoms with Crippen molar-refractivity contribution in [2.24, 2.45) is 0 Å². The monoisotopic (exact) mass is 311 g/mol. The summed E-state index contributed by atoms with van der Waals surface area (Å²) >= 11 is 1.76. The zero-order chi connectivity index (χ0) is 15.2. The Morgan fingerprint density at radius 3 is 2.68 bits per heavy atom. The summed E-state index contributed by atoms with van der Waals surface area (Å²) in [4.78, 5) is 23.0. The average molecular weight is 311 g/mol. The first-order chi connectivity index (χ1) is 10.7. The van der Waals surface area contributed by atoms with Crippen molar-refractivity contribution < 1.29 is 4.79 Å². The molecule has 4 nitrogen and oxygen atoms in total. The summed E-state index contributed by atoms with van der Waals surface area (Å²) in [5.41, 5.74) is 1.64. The van der Waals surface area contributed by atoms with Crippen molar-refractivity contribution in [2.75, 3.05) is 0 Å². The third-order valence-electron chi connectivity index (χ3n) is 5.08. The zero-order valence-corrected chi connectivity index (χ0v) is 13.2. The van der Waals surface area contributed by atoms with Crippen molar-refractivity contribution in [1.82, 2.24) is 9.97 Å². The number of aromatic nitrogens is 2. The minimum atomic E-state index is -0.610. The van der Waals surface area contributed by atoms with Gasteiger partial charge in [-0.2, -0.15) is 5.26 Å². The van der Waals surface area contributed by atoms with Crippen LogP contribution in [0.1, 0.15) is 54.7 Å². The molecule has 0 amide bonds. The first kappa shape index (κ1) is 13.8.